The van der Waals surface area contributed by atoms with Crippen molar-refractivity contribution in [3.8, 4) is 6.07 Å². The van der Waals surface area contributed by atoms with E-state index in [1.54, 1.807) is 0 Å². The Hall–Kier alpha value is -2.10. The lowest BCUT2D eigenvalue weighted by Crippen LogP contribution is -2.11. The Labute approximate surface area is 94.6 Å². The number of carbonyl (C=O) groups is 1. The molecule has 0 amide bonds. The molecule has 0 aliphatic heterocycles. The second-order valence-corrected chi connectivity index (χ2v) is 2.88. The standard InChI is InChI=1S/C10H7F3N2O2/c1-2-17-10(16)6-4-15-8(9(12)13)7(11)5(6)3-14/h4,9H,2H2,1H3. The van der Waals surface area contributed by atoms with E-state index in [9.17, 15) is 18.0 Å². The van der Waals surface area contributed by atoms with Crippen molar-refractivity contribution in [1.82, 2.24) is 4.98 Å². The van der Waals surface area contributed by atoms with Crippen molar-refractivity contribution in [1.29, 1.82) is 5.26 Å². The number of hydrogen-bond donors (Lipinski definition) is 0. The highest BCUT2D eigenvalue weighted by Gasteiger charge is 2.24. The van der Waals surface area contributed by atoms with Gasteiger partial charge in [-0.15, -0.1) is 0 Å². The Morgan fingerprint density at radius 2 is 2.29 bits per heavy atom. The molecule has 0 bridgehead atoms. The number of ether oxygens (including phenoxy) is 1. The first-order valence-corrected chi connectivity index (χ1v) is 4.56. The number of hydrogen-bond acceptors (Lipinski definition) is 4. The third-order valence-electron chi connectivity index (χ3n) is 1.86. The second-order valence-electron chi connectivity index (χ2n) is 2.88. The molecule has 0 aromatic carbocycles. The number of nitrogens with zero attached hydrogens (tertiary/aromatic N) is 2. The lowest BCUT2D eigenvalue weighted by atomic mass is 10.1. The SMILES string of the molecule is CCOC(=O)c1cnc(C(F)F)c(F)c1C#N. The van der Waals surface area contributed by atoms with Crippen molar-refractivity contribution >= 4 is 5.97 Å². The summed E-state index contributed by atoms with van der Waals surface area (Å²) in [7, 11) is 0. The molecule has 1 rings (SSSR count). The van der Waals surface area contributed by atoms with Gasteiger partial charge in [0.2, 0.25) is 0 Å². The van der Waals surface area contributed by atoms with Crippen LogP contribution in [0.1, 0.15) is 35.0 Å². The minimum Gasteiger partial charge on any atom is -0.462 e. The van der Waals surface area contributed by atoms with Crippen LogP contribution in [0.4, 0.5) is 13.2 Å². The molecule has 4 nitrogen and oxygen atoms in total. The molecular weight excluding hydrogens is 237 g/mol. The molecule has 0 radical (unpaired) electrons. The van der Waals surface area contributed by atoms with Crippen LogP contribution in [0.5, 0.6) is 0 Å². The maximum absolute atomic E-state index is 13.4. The highest BCUT2D eigenvalue weighted by atomic mass is 19.3. The topological polar surface area (TPSA) is 63.0 Å². The minimum absolute atomic E-state index is 0.0158. The summed E-state index contributed by atoms with van der Waals surface area (Å²) in [5, 5.41) is 8.65. The van der Waals surface area contributed by atoms with Gasteiger partial charge in [-0.2, -0.15) is 5.26 Å². The number of alkyl halides is 2. The summed E-state index contributed by atoms with van der Waals surface area (Å²) >= 11 is 0. The van der Waals surface area contributed by atoms with Gasteiger partial charge in [0.05, 0.1) is 12.2 Å². The Morgan fingerprint density at radius 1 is 1.65 bits per heavy atom. The van der Waals surface area contributed by atoms with Crippen LogP contribution in [0.2, 0.25) is 0 Å². The Morgan fingerprint density at radius 3 is 2.76 bits per heavy atom. The van der Waals surface area contributed by atoms with Gasteiger partial charge in [0.25, 0.3) is 6.43 Å². The van der Waals surface area contributed by atoms with Crippen molar-refractivity contribution in [2.75, 3.05) is 6.61 Å². The van der Waals surface area contributed by atoms with Crippen molar-refractivity contribution < 1.29 is 22.7 Å². The summed E-state index contributed by atoms with van der Waals surface area (Å²) in [6, 6.07) is 1.35. The van der Waals surface area contributed by atoms with E-state index in [1.165, 1.54) is 13.0 Å². The molecule has 1 aromatic rings. The number of nitriles is 1. The molecule has 17 heavy (non-hydrogen) atoms. The van der Waals surface area contributed by atoms with Crippen LogP contribution in [0, 0.1) is 17.1 Å². The van der Waals surface area contributed by atoms with Crippen LogP contribution in [0.3, 0.4) is 0 Å². The van der Waals surface area contributed by atoms with Gasteiger partial charge in [0.1, 0.15) is 17.3 Å². The molecule has 0 atom stereocenters. The zero-order valence-corrected chi connectivity index (χ0v) is 8.71. The molecule has 0 saturated carbocycles. The Balaban J connectivity index is 3.32. The predicted octanol–water partition coefficient (Wildman–Crippen LogP) is 2.21. The number of pyridine rings is 1. The normalized spacial score (nSPS) is 10.1. The number of halogens is 3. The summed E-state index contributed by atoms with van der Waals surface area (Å²) in [5.74, 6) is -2.47. The summed E-state index contributed by atoms with van der Waals surface area (Å²) in [6.45, 7) is 1.53. The van der Waals surface area contributed by atoms with Crippen molar-refractivity contribution in [3.63, 3.8) is 0 Å². The molecular formula is C10H7F3N2O2. The molecule has 0 spiro atoms. The van der Waals surface area contributed by atoms with Crippen molar-refractivity contribution in [2.45, 2.75) is 13.3 Å². The Kier molecular flexibility index (Phi) is 4.04. The van der Waals surface area contributed by atoms with Gasteiger partial charge in [-0.3, -0.25) is 4.98 Å². The van der Waals surface area contributed by atoms with Crippen LogP contribution in [-0.2, 0) is 4.74 Å². The largest absolute Gasteiger partial charge is 0.462 e. The third-order valence-corrected chi connectivity index (χ3v) is 1.86. The quantitative estimate of drug-likeness (QED) is 0.764. The first-order chi connectivity index (χ1) is 8.02. The fourth-order valence-electron chi connectivity index (χ4n) is 1.13. The van der Waals surface area contributed by atoms with Gasteiger partial charge in [0, 0.05) is 6.20 Å². The highest BCUT2D eigenvalue weighted by molar-refractivity contribution is 5.91. The zero-order chi connectivity index (χ0) is 13.0. The van der Waals surface area contributed by atoms with E-state index in [1.807, 2.05) is 0 Å². The van der Waals surface area contributed by atoms with Gasteiger partial charge >= 0.3 is 5.97 Å². The van der Waals surface area contributed by atoms with E-state index < -0.39 is 35.0 Å². The maximum atomic E-state index is 13.4. The average molecular weight is 244 g/mol. The van der Waals surface area contributed by atoms with Gasteiger partial charge in [-0.25, -0.2) is 18.0 Å². The highest BCUT2D eigenvalue weighted by Crippen LogP contribution is 2.23. The van der Waals surface area contributed by atoms with Gasteiger partial charge in [-0.05, 0) is 6.92 Å². The predicted molar refractivity (Wildman–Crippen MR) is 49.8 cm³/mol. The Bertz CT molecular complexity index is 483. The van der Waals surface area contributed by atoms with E-state index in [0.29, 0.717) is 6.20 Å². The molecule has 0 N–H and O–H groups in total. The molecule has 1 heterocycles. The molecule has 7 heteroatoms. The fourth-order valence-corrected chi connectivity index (χ4v) is 1.13. The van der Waals surface area contributed by atoms with Gasteiger partial charge < -0.3 is 4.74 Å². The maximum Gasteiger partial charge on any atom is 0.341 e. The van der Waals surface area contributed by atoms with E-state index >= 15 is 0 Å². The van der Waals surface area contributed by atoms with E-state index in [4.69, 9.17) is 5.26 Å². The van der Waals surface area contributed by atoms with Crippen molar-refractivity contribution in [2.24, 2.45) is 0 Å². The smallest absolute Gasteiger partial charge is 0.341 e. The zero-order valence-electron chi connectivity index (χ0n) is 8.71. The molecule has 1 aromatic heterocycles. The summed E-state index contributed by atoms with van der Waals surface area (Å²) in [4.78, 5) is 14.4. The lowest BCUT2D eigenvalue weighted by molar-refractivity contribution is 0.0524. The van der Waals surface area contributed by atoms with Crippen LogP contribution < -0.4 is 0 Å². The van der Waals surface area contributed by atoms with Crippen molar-refractivity contribution in [3.05, 3.63) is 28.8 Å². The first kappa shape index (κ1) is 13.0. The molecule has 0 aliphatic rings. The van der Waals surface area contributed by atoms with Crippen LogP contribution in [0.25, 0.3) is 0 Å². The summed E-state index contributed by atoms with van der Waals surface area (Å²) in [5.41, 5.74) is -2.40. The van der Waals surface area contributed by atoms with Crippen LogP contribution in [-0.4, -0.2) is 17.6 Å². The minimum atomic E-state index is -3.15. The number of rotatable bonds is 3. The van der Waals surface area contributed by atoms with Gasteiger partial charge in [-0.1, -0.05) is 0 Å². The van der Waals surface area contributed by atoms with E-state index in [2.05, 4.69) is 9.72 Å². The fraction of sp³-hybridized carbons (Fsp3) is 0.300. The van der Waals surface area contributed by atoms with E-state index in [0.717, 1.165) is 0 Å². The van der Waals surface area contributed by atoms with E-state index in [-0.39, 0.29) is 6.61 Å². The molecule has 90 valence electrons. The van der Waals surface area contributed by atoms with Gasteiger partial charge in [0.15, 0.2) is 5.82 Å². The lowest BCUT2D eigenvalue weighted by Gasteiger charge is -2.07. The van der Waals surface area contributed by atoms with Crippen LogP contribution >= 0.6 is 0 Å². The molecule has 0 unspecified atom stereocenters. The van der Waals surface area contributed by atoms with Crippen LogP contribution in [0.15, 0.2) is 6.20 Å². The molecule has 0 fully saturated rings. The number of aromatic nitrogens is 1. The number of esters is 1. The molecule has 0 aliphatic carbocycles. The molecule has 0 saturated heterocycles. The first-order valence-electron chi connectivity index (χ1n) is 4.56. The monoisotopic (exact) mass is 244 g/mol. The second kappa shape index (κ2) is 5.30. The summed E-state index contributed by atoms with van der Waals surface area (Å²) < 4.78 is 42.5. The number of carbonyl (C=O) groups excluding carboxylic acids is 1. The summed E-state index contributed by atoms with van der Waals surface area (Å²) in [6.07, 6.45) is -2.44. The average Bonchev–Trinajstić information content (AvgIpc) is 2.28. The third kappa shape index (κ3) is 2.53.